The molecule has 3 heteroatoms. The molecule has 0 spiro atoms. The van der Waals surface area contributed by atoms with E-state index in [-0.39, 0.29) is 0 Å². The first-order valence-corrected chi connectivity index (χ1v) is 7.80. The smallest absolute Gasteiger partial charge is 0.220 e. The summed E-state index contributed by atoms with van der Waals surface area (Å²) in [5.74, 6) is 3.93. The molecule has 0 heterocycles. The molecule has 4 unspecified atom stereocenters. The lowest BCUT2D eigenvalue weighted by molar-refractivity contribution is -0.121. The zero-order chi connectivity index (χ0) is 12.5. The summed E-state index contributed by atoms with van der Waals surface area (Å²) in [6.45, 7) is 0.778. The second kappa shape index (κ2) is 5.20. The van der Waals surface area contributed by atoms with Gasteiger partial charge in [-0.25, -0.2) is 0 Å². The summed E-state index contributed by atoms with van der Waals surface area (Å²) in [5.41, 5.74) is 5.45. The third-order valence-corrected chi connectivity index (χ3v) is 5.42. The second-order valence-electron chi connectivity index (χ2n) is 6.53. The Morgan fingerprint density at radius 2 is 1.72 bits per heavy atom. The summed E-state index contributed by atoms with van der Waals surface area (Å²) in [4.78, 5) is 11.9. The van der Waals surface area contributed by atoms with Gasteiger partial charge in [-0.1, -0.05) is 12.8 Å². The van der Waals surface area contributed by atoms with Gasteiger partial charge in [0.2, 0.25) is 5.91 Å². The first-order chi connectivity index (χ1) is 8.81. The summed E-state index contributed by atoms with van der Waals surface area (Å²) in [6.07, 6.45) is 9.47. The molecule has 0 aliphatic heterocycles. The van der Waals surface area contributed by atoms with Crippen LogP contribution in [0.2, 0.25) is 0 Å². The maximum atomic E-state index is 11.9. The van der Waals surface area contributed by atoms with Gasteiger partial charge in [-0.05, 0) is 62.3 Å². The van der Waals surface area contributed by atoms with Gasteiger partial charge < -0.3 is 11.1 Å². The zero-order valence-electron chi connectivity index (χ0n) is 11.2. The van der Waals surface area contributed by atoms with Crippen LogP contribution in [0.15, 0.2) is 0 Å². The largest absolute Gasteiger partial charge is 0.353 e. The Bertz CT molecular complexity index is 302. The highest BCUT2D eigenvalue weighted by atomic mass is 16.1. The van der Waals surface area contributed by atoms with Gasteiger partial charge >= 0.3 is 0 Å². The van der Waals surface area contributed by atoms with Crippen molar-refractivity contribution >= 4 is 5.91 Å². The van der Waals surface area contributed by atoms with Gasteiger partial charge in [0.1, 0.15) is 0 Å². The number of nitrogens with one attached hydrogen (secondary N) is 1. The normalized spacial score (nSPS) is 39.7. The number of hydrogen-bond acceptors (Lipinski definition) is 2. The molecule has 0 aromatic heterocycles. The Balaban J connectivity index is 1.31. The van der Waals surface area contributed by atoms with Crippen molar-refractivity contribution in [3.05, 3.63) is 0 Å². The van der Waals surface area contributed by atoms with Crippen LogP contribution >= 0.6 is 0 Å². The van der Waals surface area contributed by atoms with Gasteiger partial charge in [-0.3, -0.25) is 4.79 Å². The van der Waals surface area contributed by atoms with Gasteiger partial charge in [0.15, 0.2) is 0 Å². The molecule has 3 N–H and O–H groups in total. The average molecular weight is 250 g/mol. The first-order valence-electron chi connectivity index (χ1n) is 7.80. The molecule has 3 aliphatic rings. The maximum Gasteiger partial charge on any atom is 0.220 e. The van der Waals surface area contributed by atoms with Gasteiger partial charge in [0, 0.05) is 12.5 Å². The molecule has 18 heavy (non-hydrogen) atoms. The van der Waals surface area contributed by atoms with Crippen LogP contribution in [0.1, 0.15) is 51.4 Å². The minimum Gasteiger partial charge on any atom is -0.353 e. The SMILES string of the molecule is NCCCCCCC(=O)NC1C2C3CCC(C3)C12. The summed E-state index contributed by atoms with van der Waals surface area (Å²) < 4.78 is 0. The van der Waals surface area contributed by atoms with E-state index in [1.165, 1.54) is 25.7 Å². The maximum absolute atomic E-state index is 11.9. The predicted molar refractivity (Wildman–Crippen MR) is 71.9 cm³/mol. The summed E-state index contributed by atoms with van der Waals surface area (Å²) in [6, 6.07) is 0.563. The van der Waals surface area contributed by atoms with Gasteiger partial charge in [0.25, 0.3) is 0 Å². The van der Waals surface area contributed by atoms with Crippen molar-refractivity contribution in [1.29, 1.82) is 0 Å². The summed E-state index contributed by atoms with van der Waals surface area (Å²) >= 11 is 0. The van der Waals surface area contributed by atoms with Crippen molar-refractivity contribution in [3.8, 4) is 0 Å². The lowest BCUT2D eigenvalue weighted by Crippen LogP contribution is -2.29. The van der Waals surface area contributed by atoms with E-state index in [9.17, 15) is 4.79 Å². The fourth-order valence-electron chi connectivity index (χ4n) is 4.56. The van der Waals surface area contributed by atoms with Gasteiger partial charge in [0.05, 0.1) is 0 Å². The molecule has 1 amide bonds. The molecule has 4 atom stereocenters. The highest BCUT2D eigenvalue weighted by Crippen LogP contribution is 2.65. The number of unbranched alkanes of at least 4 members (excludes halogenated alkanes) is 3. The second-order valence-corrected chi connectivity index (χ2v) is 6.53. The molecule has 2 bridgehead atoms. The van der Waals surface area contributed by atoms with Crippen LogP contribution in [0, 0.1) is 23.7 Å². The zero-order valence-corrected chi connectivity index (χ0v) is 11.2. The van der Waals surface area contributed by atoms with E-state index in [0.29, 0.717) is 11.9 Å². The quantitative estimate of drug-likeness (QED) is 0.680. The topological polar surface area (TPSA) is 55.1 Å². The van der Waals surface area contributed by atoms with Gasteiger partial charge in [-0.2, -0.15) is 0 Å². The molecule has 3 nitrogen and oxygen atoms in total. The Morgan fingerprint density at radius 3 is 2.39 bits per heavy atom. The molecule has 102 valence electrons. The molecule has 3 rings (SSSR count). The standard InChI is InChI=1S/C15H26N2O/c16-8-4-2-1-3-5-12(18)17-15-13-10-6-7-11(9-10)14(13)15/h10-11,13-15H,1-9,16H2,(H,17,18). The number of amides is 1. The summed E-state index contributed by atoms with van der Waals surface area (Å²) in [5, 5.41) is 3.28. The fraction of sp³-hybridized carbons (Fsp3) is 0.933. The number of carbonyl (C=O) groups is 1. The van der Waals surface area contributed by atoms with Crippen LogP contribution in [-0.4, -0.2) is 18.5 Å². The minimum atomic E-state index is 0.293. The average Bonchev–Trinajstić information content (AvgIpc) is 2.76. The number of hydrogen-bond donors (Lipinski definition) is 2. The predicted octanol–water partition coefficient (Wildman–Crippen LogP) is 2.06. The number of fused-ring (bicyclic) bond motifs is 5. The van der Waals surface area contributed by atoms with Crippen molar-refractivity contribution in [3.63, 3.8) is 0 Å². The van der Waals surface area contributed by atoms with Crippen LogP contribution < -0.4 is 11.1 Å². The molecule has 0 aromatic carbocycles. The Labute approximate surface area is 110 Å². The van der Waals surface area contributed by atoms with Gasteiger partial charge in [-0.15, -0.1) is 0 Å². The van der Waals surface area contributed by atoms with Crippen molar-refractivity contribution in [2.75, 3.05) is 6.54 Å². The van der Waals surface area contributed by atoms with E-state index >= 15 is 0 Å². The van der Waals surface area contributed by atoms with Crippen molar-refractivity contribution in [1.82, 2.24) is 5.32 Å². The van der Waals surface area contributed by atoms with Crippen molar-refractivity contribution in [2.24, 2.45) is 29.4 Å². The van der Waals surface area contributed by atoms with E-state index in [2.05, 4.69) is 5.32 Å². The third kappa shape index (κ3) is 2.29. The van der Waals surface area contributed by atoms with E-state index in [1.54, 1.807) is 0 Å². The molecular weight excluding hydrogens is 224 g/mol. The van der Waals surface area contributed by atoms with E-state index in [0.717, 1.165) is 55.9 Å². The Hall–Kier alpha value is -0.570. The number of carbonyl (C=O) groups excluding carboxylic acids is 1. The fourth-order valence-corrected chi connectivity index (χ4v) is 4.56. The van der Waals surface area contributed by atoms with E-state index in [4.69, 9.17) is 5.73 Å². The van der Waals surface area contributed by atoms with Crippen LogP contribution in [-0.2, 0) is 4.79 Å². The molecule has 0 aromatic rings. The lowest BCUT2D eigenvalue weighted by atomic mass is 10.0. The molecule has 0 saturated heterocycles. The number of nitrogens with two attached hydrogens (primary N) is 1. The summed E-state index contributed by atoms with van der Waals surface area (Å²) in [7, 11) is 0. The third-order valence-electron chi connectivity index (χ3n) is 5.42. The highest BCUT2D eigenvalue weighted by molar-refractivity contribution is 5.76. The van der Waals surface area contributed by atoms with E-state index < -0.39 is 0 Å². The van der Waals surface area contributed by atoms with E-state index in [1.807, 2.05) is 0 Å². The molecule has 3 aliphatic carbocycles. The van der Waals surface area contributed by atoms with Crippen LogP contribution in [0.3, 0.4) is 0 Å². The Kier molecular flexibility index (Phi) is 3.60. The molecular formula is C15H26N2O. The number of rotatable bonds is 7. The van der Waals surface area contributed by atoms with Crippen LogP contribution in [0.4, 0.5) is 0 Å². The van der Waals surface area contributed by atoms with Crippen LogP contribution in [0.25, 0.3) is 0 Å². The lowest BCUT2D eigenvalue weighted by Gasteiger charge is -2.10. The Morgan fingerprint density at radius 1 is 1.06 bits per heavy atom. The molecule has 0 radical (unpaired) electrons. The monoisotopic (exact) mass is 250 g/mol. The first kappa shape index (κ1) is 12.5. The van der Waals surface area contributed by atoms with Crippen molar-refractivity contribution in [2.45, 2.75) is 57.4 Å². The molecule has 3 fully saturated rings. The van der Waals surface area contributed by atoms with Crippen LogP contribution in [0.5, 0.6) is 0 Å². The van der Waals surface area contributed by atoms with Crippen molar-refractivity contribution < 1.29 is 4.79 Å². The highest BCUT2D eigenvalue weighted by Gasteiger charge is 2.65. The minimum absolute atomic E-state index is 0.293. The molecule has 3 saturated carbocycles.